The van der Waals surface area contributed by atoms with Crippen LogP contribution in [0.15, 0.2) is 43.2 Å². The fourth-order valence-electron chi connectivity index (χ4n) is 4.37. The van der Waals surface area contributed by atoms with Crippen LogP contribution in [0.25, 0.3) is 0 Å². The van der Waals surface area contributed by atoms with E-state index >= 15 is 0 Å². The summed E-state index contributed by atoms with van der Waals surface area (Å²) in [6.45, 7) is 15.4. The number of benzene rings is 2. The molecule has 0 radical (unpaired) electrons. The van der Waals surface area contributed by atoms with Crippen molar-refractivity contribution in [2.75, 3.05) is 0 Å². The predicted molar refractivity (Wildman–Crippen MR) is 182 cm³/mol. The van der Waals surface area contributed by atoms with E-state index in [0.717, 1.165) is 66.5 Å². The third-order valence-electron chi connectivity index (χ3n) is 6.33. The number of phenols is 2. The molecule has 13 heteroatoms. The Kier molecular flexibility index (Phi) is 21.0. The number of aromatic hydroxyl groups is 2. The molecule has 262 valence electrons. The van der Waals surface area contributed by atoms with Gasteiger partial charge in [0.15, 0.2) is 0 Å². The van der Waals surface area contributed by atoms with Gasteiger partial charge in [-0.05, 0) is 68.7 Å². The monoisotopic (exact) mass is 826 g/mol. The summed E-state index contributed by atoms with van der Waals surface area (Å²) < 4.78 is 1.85. The van der Waals surface area contributed by atoms with Gasteiger partial charge in [0.2, 0.25) is 0 Å². The molecule has 1 aliphatic rings. The van der Waals surface area contributed by atoms with Crippen molar-refractivity contribution in [2.45, 2.75) is 111 Å². The van der Waals surface area contributed by atoms with Gasteiger partial charge in [0, 0.05) is 61.5 Å². The van der Waals surface area contributed by atoms with E-state index in [1.54, 1.807) is 12.4 Å². The van der Waals surface area contributed by atoms with Crippen molar-refractivity contribution in [1.82, 2.24) is 0 Å². The first-order valence-corrected chi connectivity index (χ1v) is 16.2. The molecule has 47 heavy (non-hydrogen) atoms. The van der Waals surface area contributed by atoms with E-state index in [2.05, 4.69) is 73.4 Å². The summed E-state index contributed by atoms with van der Waals surface area (Å²) in [6, 6.07) is 7.83. The van der Waals surface area contributed by atoms with Crippen LogP contribution in [0.5, 0.6) is 11.5 Å². The Morgan fingerprint density at radius 3 is 1.17 bits per heavy atom. The van der Waals surface area contributed by atoms with Crippen molar-refractivity contribution in [3.8, 4) is 11.5 Å². The normalized spacial score (nSPS) is 16.0. The second kappa shape index (κ2) is 21.3. The molecule has 10 nitrogen and oxygen atoms in total. The molecule has 1 aliphatic carbocycles. The van der Waals surface area contributed by atoms with Crippen LogP contribution in [-0.4, -0.2) is 52.6 Å². The Hall–Kier alpha value is -2.74. The molecule has 0 saturated heterocycles. The molecule has 0 heterocycles. The number of carboxylic acids is 3. The van der Waals surface area contributed by atoms with Crippen LogP contribution in [0, 0.1) is 0 Å². The maximum absolute atomic E-state index is 10.9. The molecule has 0 bridgehead atoms. The Morgan fingerprint density at radius 2 is 0.936 bits per heavy atom. The predicted octanol–water partition coefficient (Wildman–Crippen LogP) is 4.33. The molecule has 0 aliphatic heterocycles. The summed E-state index contributed by atoms with van der Waals surface area (Å²) in [5.41, 5.74) is 2.86. The molecule has 2 aromatic carbocycles. The van der Waals surface area contributed by atoms with Gasteiger partial charge in [-0.25, -0.2) is 0 Å². The molecular formula is C34H45Br2CoN2O8. The van der Waals surface area contributed by atoms with Gasteiger partial charge in [0.1, 0.15) is 11.5 Å². The molecule has 2 N–H and O–H groups in total. The van der Waals surface area contributed by atoms with Gasteiger partial charge in [-0.2, -0.15) is 0 Å². The molecule has 0 amide bonds. The number of carbonyl (C=O) groups is 3. The second-order valence-corrected chi connectivity index (χ2v) is 14.6. The zero-order valence-electron chi connectivity index (χ0n) is 28.3. The van der Waals surface area contributed by atoms with Crippen LogP contribution >= 0.6 is 31.9 Å². The Labute approximate surface area is 305 Å². The first-order valence-electron chi connectivity index (χ1n) is 14.6. The van der Waals surface area contributed by atoms with E-state index in [1.807, 2.05) is 24.3 Å². The van der Waals surface area contributed by atoms with Crippen molar-refractivity contribution >= 4 is 62.2 Å². The fourth-order valence-corrected chi connectivity index (χ4v) is 5.32. The number of nitrogens with zero attached hydrogens (tertiary/aromatic N) is 2. The summed E-state index contributed by atoms with van der Waals surface area (Å²) in [5, 5.41) is 48.4. The van der Waals surface area contributed by atoms with Crippen LogP contribution in [0.4, 0.5) is 0 Å². The number of carboxylic acid groups (broad SMARTS) is 3. The van der Waals surface area contributed by atoms with Gasteiger partial charge in [-0.3, -0.25) is 9.98 Å². The Morgan fingerprint density at radius 1 is 0.681 bits per heavy atom. The van der Waals surface area contributed by atoms with Crippen LogP contribution in [-0.2, 0) is 42.0 Å². The number of hydrogen-bond acceptors (Lipinski definition) is 10. The summed E-state index contributed by atoms with van der Waals surface area (Å²) in [5.74, 6) is -2.69. The zero-order valence-corrected chi connectivity index (χ0v) is 32.5. The molecule has 2 atom stereocenters. The number of hydrogen-bond donors (Lipinski definition) is 2. The van der Waals surface area contributed by atoms with Crippen LogP contribution in [0.2, 0.25) is 0 Å². The first-order chi connectivity index (χ1) is 21.0. The number of aliphatic imine (C=N–C) groups is 2. The maximum Gasteiger partial charge on any atom is 3.00 e. The zero-order chi connectivity index (χ0) is 36.0. The minimum absolute atomic E-state index is 0. The van der Waals surface area contributed by atoms with E-state index in [0.29, 0.717) is 11.1 Å². The standard InChI is InChI=1S/C28H36Br2N2O2.3C2H4O2.Co/c1-27(2,3)21-13-19(29)11-17(25(21)33)15-31-23-9-7-8-10-24(23)32-16-18-12-20(30)14-22(26(18)34)28(4,5)6;3*1-2(3)4;/h11-16,23-24,33-34H,7-10H2,1-6H3;3*1H3,(H,3,4);/q;;;;+3/p-3/t23-,24-;;;;/m1..../s1. The minimum atomic E-state index is -1.08. The summed E-state index contributed by atoms with van der Waals surface area (Å²) >= 11 is 7.15. The summed E-state index contributed by atoms with van der Waals surface area (Å²) in [4.78, 5) is 36.4. The molecular weight excluding hydrogens is 783 g/mol. The second-order valence-electron chi connectivity index (χ2n) is 12.7. The Bertz CT molecular complexity index is 1270. The van der Waals surface area contributed by atoms with Gasteiger partial charge >= 0.3 is 16.8 Å². The number of rotatable bonds is 4. The largest absolute Gasteiger partial charge is 3.00 e. The third kappa shape index (κ3) is 19.0. The minimum Gasteiger partial charge on any atom is -0.550 e. The number of halogens is 2. The van der Waals surface area contributed by atoms with Crippen molar-refractivity contribution in [3.05, 3.63) is 55.5 Å². The molecule has 0 unspecified atom stereocenters. The van der Waals surface area contributed by atoms with Crippen LogP contribution in [0.3, 0.4) is 0 Å². The molecule has 0 spiro atoms. The van der Waals surface area contributed by atoms with Gasteiger partial charge < -0.3 is 39.9 Å². The fraction of sp³-hybridized carbons (Fsp3) is 0.500. The van der Waals surface area contributed by atoms with Crippen molar-refractivity contribution in [1.29, 1.82) is 0 Å². The van der Waals surface area contributed by atoms with E-state index in [-0.39, 0.29) is 51.2 Å². The van der Waals surface area contributed by atoms with Gasteiger partial charge in [0.05, 0.1) is 12.1 Å². The first kappa shape index (κ1) is 46.4. The average molecular weight is 828 g/mol. The van der Waals surface area contributed by atoms with E-state index in [1.165, 1.54) is 0 Å². The molecule has 0 aromatic heterocycles. The van der Waals surface area contributed by atoms with E-state index < -0.39 is 17.9 Å². The van der Waals surface area contributed by atoms with Gasteiger partial charge in [-0.1, -0.05) is 86.2 Å². The van der Waals surface area contributed by atoms with E-state index in [9.17, 15) is 10.2 Å². The molecule has 1 fully saturated rings. The third-order valence-corrected chi connectivity index (χ3v) is 7.24. The SMILES string of the molecule is CC(=O)[O-].CC(=O)[O-].CC(=O)[O-].CC(C)(C)c1cc(Br)cc(C=N[C@@H]2CCCC[C@H]2N=Cc2cc(Br)cc(C(C)(C)C)c2O)c1O.[Co+3]. The summed E-state index contributed by atoms with van der Waals surface area (Å²) in [6.07, 6.45) is 7.72. The summed E-state index contributed by atoms with van der Waals surface area (Å²) in [7, 11) is 0. The quantitative estimate of drug-likeness (QED) is 0.427. The van der Waals surface area contributed by atoms with Crippen LogP contribution < -0.4 is 15.3 Å². The van der Waals surface area contributed by atoms with Gasteiger partial charge in [0.25, 0.3) is 0 Å². The maximum atomic E-state index is 10.9. The van der Waals surface area contributed by atoms with Crippen molar-refractivity contribution in [3.63, 3.8) is 0 Å². The smallest absolute Gasteiger partial charge is 0.550 e. The van der Waals surface area contributed by atoms with Crippen molar-refractivity contribution in [2.24, 2.45) is 9.98 Å². The average Bonchev–Trinajstić information content (AvgIpc) is 2.87. The number of carbonyl (C=O) groups excluding carboxylic acids is 3. The van der Waals surface area contributed by atoms with Gasteiger partial charge in [-0.15, -0.1) is 0 Å². The van der Waals surface area contributed by atoms with Crippen molar-refractivity contribution < 1.29 is 56.7 Å². The number of phenolic OH excluding ortho intramolecular Hbond substituents is 2. The van der Waals surface area contributed by atoms with E-state index in [4.69, 9.17) is 39.7 Å². The van der Waals surface area contributed by atoms with Crippen LogP contribution in [0.1, 0.15) is 110 Å². The Balaban J connectivity index is 0. The number of aliphatic carboxylic acids is 3. The topological polar surface area (TPSA) is 186 Å². The molecule has 1 saturated carbocycles. The molecule has 3 rings (SSSR count). The molecule has 2 aromatic rings.